The highest BCUT2D eigenvalue weighted by Gasteiger charge is 2.35. The van der Waals surface area contributed by atoms with Crippen molar-refractivity contribution in [3.8, 4) is 17.1 Å². The third-order valence-electron chi connectivity index (χ3n) is 3.44. The van der Waals surface area contributed by atoms with Gasteiger partial charge in [0, 0.05) is 29.8 Å². The number of nitrogens with zero attached hydrogens (tertiary/aromatic N) is 3. The first-order valence-corrected chi connectivity index (χ1v) is 7.00. The van der Waals surface area contributed by atoms with E-state index in [4.69, 9.17) is 0 Å². The normalized spacial score (nSPS) is 11.7. The molecule has 3 aromatic rings. The molecule has 2 heterocycles. The van der Waals surface area contributed by atoms with E-state index in [0.29, 0.717) is 11.3 Å². The molecule has 23 heavy (non-hydrogen) atoms. The Hall–Kier alpha value is -2.63. The molecule has 1 aromatic carbocycles. The van der Waals surface area contributed by atoms with Crippen LogP contribution in [0.2, 0.25) is 0 Å². The zero-order valence-corrected chi connectivity index (χ0v) is 12.6. The van der Waals surface area contributed by atoms with Crippen LogP contribution in [0.15, 0.2) is 48.9 Å². The summed E-state index contributed by atoms with van der Waals surface area (Å²) in [6.45, 7) is 3.75. The van der Waals surface area contributed by atoms with E-state index in [1.54, 1.807) is 24.4 Å². The minimum Gasteiger partial charge on any atom is -0.299 e. The van der Waals surface area contributed by atoms with Crippen molar-refractivity contribution in [1.82, 2.24) is 14.5 Å². The highest BCUT2D eigenvalue weighted by Crippen LogP contribution is 2.32. The fourth-order valence-corrected chi connectivity index (χ4v) is 2.30. The lowest BCUT2D eigenvalue weighted by molar-refractivity contribution is -0.140. The molecule has 0 bridgehead atoms. The van der Waals surface area contributed by atoms with Crippen LogP contribution in [0.5, 0.6) is 0 Å². The number of aryl methyl sites for hydroxylation is 2. The number of aromatic nitrogens is 3. The van der Waals surface area contributed by atoms with E-state index in [0.717, 1.165) is 17.3 Å². The summed E-state index contributed by atoms with van der Waals surface area (Å²) in [5.74, 6) is 0.220. The van der Waals surface area contributed by atoms with Gasteiger partial charge in [0.05, 0.1) is 0 Å². The van der Waals surface area contributed by atoms with Gasteiger partial charge in [0.15, 0.2) is 5.69 Å². The number of halogens is 3. The van der Waals surface area contributed by atoms with E-state index in [2.05, 4.69) is 9.97 Å². The Balaban J connectivity index is 2.21. The second-order valence-corrected chi connectivity index (χ2v) is 5.40. The quantitative estimate of drug-likeness (QED) is 0.693. The van der Waals surface area contributed by atoms with Gasteiger partial charge in [0.2, 0.25) is 0 Å². The topological polar surface area (TPSA) is 30.7 Å². The zero-order valence-electron chi connectivity index (χ0n) is 12.6. The second-order valence-electron chi connectivity index (χ2n) is 5.40. The maximum atomic E-state index is 13.1. The Bertz CT molecular complexity index is 833. The smallest absolute Gasteiger partial charge is 0.299 e. The Labute approximate surface area is 131 Å². The molecule has 0 amide bonds. The number of hydrogen-bond acceptors (Lipinski definition) is 2. The molecule has 3 nitrogen and oxygen atoms in total. The predicted octanol–water partition coefficient (Wildman–Crippen LogP) is 4.57. The molecule has 0 atom stereocenters. The molecule has 0 saturated carbocycles. The molecule has 0 aliphatic rings. The van der Waals surface area contributed by atoms with Crippen LogP contribution in [0, 0.1) is 13.8 Å². The molecule has 3 rings (SSSR count). The van der Waals surface area contributed by atoms with Gasteiger partial charge in [-0.25, -0.2) is 4.98 Å². The number of hydrogen-bond donors (Lipinski definition) is 0. The summed E-state index contributed by atoms with van der Waals surface area (Å²) in [4.78, 5) is 7.84. The lowest BCUT2D eigenvalue weighted by Crippen LogP contribution is -2.05. The molecule has 0 radical (unpaired) electrons. The number of pyridine rings is 1. The summed E-state index contributed by atoms with van der Waals surface area (Å²) < 4.78 is 40.6. The van der Waals surface area contributed by atoms with Crippen molar-refractivity contribution in [2.24, 2.45) is 0 Å². The minimum atomic E-state index is -4.50. The lowest BCUT2D eigenvalue weighted by atomic mass is 10.2. The van der Waals surface area contributed by atoms with Crippen LogP contribution >= 0.6 is 0 Å². The van der Waals surface area contributed by atoms with E-state index in [1.807, 2.05) is 26.0 Å². The van der Waals surface area contributed by atoms with Crippen LogP contribution in [0.4, 0.5) is 13.2 Å². The molecule has 2 aromatic heterocycles. The van der Waals surface area contributed by atoms with Crippen molar-refractivity contribution in [1.29, 1.82) is 0 Å². The van der Waals surface area contributed by atoms with Gasteiger partial charge in [-0.1, -0.05) is 17.7 Å². The Kier molecular flexibility index (Phi) is 3.67. The van der Waals surface area contributed by atoms with Crippen molar-refractivity contribution in [2.75, 3.05) is 0 Å². The van der Waals surface area contributed by atoms with Crippen LogP contribution in [0.3, 0.4) is 0 Å². The standard InChI is InChI=1S/C17H14F3N3/c1-11-3-5-14(6-4-11)23-10-15(17(18,19)20)22-16(23)13-7-12(2)8-21-9-13/h3-10H,1-2H3. The zero-order chi connectivity index (χ0) is 16.6. The van der Waals surface area contributed by atoms with Gasteiger partial charge >= 0.3 is 6.18 Å². The molecule has 0 unspecified atom stereocenters. The molecular formula is C17H14F3N3. The van der Waals surface area contributed by atoms with Crippen molar-refractivity contribution < 1.29 is 13.2 Å². The Morgan fingerprint density at radius 2 is 1.65 bits per heavy atom. The summed E-state index contributed by atoms with van der Waals surface area (Å²) in [5, 5.41) is 0. The van der Waals surface area contributed by atoms with Gasteiger partial charge in [-0.3, -0.25) is 9.55 Å². The van der Waals surface area contributed by atoms with Gasteiger partial charge in [-0.05, 0) is 37.6 Å². The highest BCUT2D eigenvalue weighted by atomic mass is 19.4. The summed E-state index contributed by atoms with van der Waals surface area (Å²) in [6, 6.07) is 9.00. The van der Waals surface area contributed by atoms with E-state index < -0.39 is 11.9 Å². The SMILES string of the molecule is Cc1ccc(-n2cc(C(F)(F)F)nc2-c2cncc(C)c2)cc1. The molecular weight excluding hydrogens is 303 g/mol. The number of benzene rings is 1. The number of alkyl halides is 3. The van der Waals surface area contributed by atoms with Crippen molar-refractivity contribution in [3.63, 3.8) is 0 Å². The first-order valence-electron chi connectivity index (χ1n) is 7.00. The van der Waals surface area contributed by atoms with Crippen LogP contribution in [-0.2, 0) is 6.18 Å². The third-order valence-corrected chi connectivity index (χ3v) is 3.44. The molecule has 6 heteroatoms. The minimum absolute atomic E-state index is 0.220. The lowest BCUT2D eigenvalue weighted by Gasteiger charge is -2.08. The van der Waals surface area contributed by atoms with Crippen LogP contribution in [0.1, 0.15) is 16.8 Å². The van der Waals surface area contributed by atoms with Crippen LogP contribution in [0.25, 0.3) is 17.1 Å². The molecule has 118 valence electrons. The van der Waals surface area contributed by atoms with Gasteiger partial charge in [0.1, 0.15) is 5.82 Å². The first kappa shape index (κ1) is 15.3. The molecule has 0 N–H and O–H groups in total. The third kappa shape index (κ3) is 3.11. The van der Waals surface area contributed by atoms with Crippen LogP contribution < -0.4 is 0 Å². The van der Waals surface area contributed by atoms with Crippen molar-refractivity contribution in [2.45, 2.75) is 20.0 Å². The summed E-state index contributed by atoms with van der Waals surface area (Å²) in [6.07, 6.45) is -0.322. The van der Waals surface area contributed by atoms with E-state index >= 15 is 0 Å². The largest absolute Gasteiger partial charge is 0.434 e. The van der Waals surface area contributed by atoms with Gasteiger partial charge in [0.25, 0.3) is 0 Å². The van der Waals surface area contributed by atoms with Crippen LogP contribution in [-0.4, -0.2) is 14.5 Å². The molecule has 0 fully saturated rings. The second kappa shape index (κ2) is 5.53. The maximum absolute atomic E-state index is 13.1. The Morgan fingerprint density at radius 3 is 2.26 bits per heavy atom. The van der Waals surface area contributed by atoms with Gasteiger partial charge in [-0.15, -0.1) is 0 Å². The predicted molar refractivity (Wildman–Crippen MR) is 81.3 cm³/mol. The molecule has 0 aliphatic carbocycles. The van der Waals surface area contributed by atoms with Crippen molar-refractivity contribution in [3.05, 3.63) is 65.7 Å². The maximum Gasteiger partial charge on any atom is 0.434 e. The molecule has 0 spiro atoms. The first-order chi connectivity index (χ1) is 10.8. The summed E-state index contributed by atoms with van der Waals surface area (Å²) >= 11 is 0. The summed E-state index contributed by atoms with van der Waals surface area (Å²) in [7, 11) is 0. The summed E-state index contributed by atoms with van der Waals surface area (Å²) in [5.41, 5.74) is 2.13. The monoisotopic (exact) mass is 317 g/mol. The number of imidazole rings is 1. The van der Waals surface area contributed by atoms with E-state index in [-0.39, 0.29) is 5.82 Å². The van der Waals surface area contributed by atoms with E-state index in [1.165, 1.54) is 10.8 Å². The Morgan fingerprint density at radius 1 is 0.957 bits per heavy atom. The fraction of sp³-hybridized carbons (Fsp3) is 0.176. The molecule has 0 aliphatic heterocycles. The molecule has 0 saturated heterocycles. The van der Waals surface area contributed by atoms with E-state index in [9.17, 15) is 13.2 Å². The highest BCUT2D eigenvalue weighted by molar-refractivity contribution is 5.59. The van der Waals surface area contributed by atoms with Crippen molar-refractivity contribution >= 4 is 0 Å². The average Bonchev–Trinajstić information content (AvgIpc) is 2.93. The van der Waals surface area contributed by atoms with Gasteiger partial charge < -0.3 is 0 Å². The van der Waals surface area contributed by atoms with Gasteiger partial charge in [-0.2, -0.15) is 13.2 Å². The fourth-order valence-electron chi connectivity index (χ4n) is 2.30. The average molecular weight is 317 g/mol. The number of rotatable bonds is 2.